The van der Waals surface area contributed by atoms with Crippen LogP contribution in [0.5, 0.6) is 0 Å². The number of nitrogen functional groups attached to an aromatic ring is 1. The fourth-order valence-corrected chi connectivity index (χ4v) is 2.41. The van der Waals surface area contributed by atoms with Crippen LogP contribution in [0.15, 0.2) is 18.2 Å². The first kappa shape index (κ1) is 12.2. The zero-order chi connectivity index (χ0) is 12.4. The van der Waals surface area contributed by atoms with Gasteiger partial charge in [-0.1, -0.05) is 13.0 Å². The number of morpholine rings is 1. The van der Waals surface area contributed by atoms with Crippen LogP contribution in [0.25, 0.3) is 0 Å². The van der Waals surface area contributed by atoms with E-state index in [9.17, 15) is 0 Å². The van der Waals surface area contributed by atoms with Gasteiger partial charge in [-0.2, -0.15) is 0 Å². The topological polar surface area (TPSA) is 38.5 Å². The summed E-state index contributed by atoms with van der Waals surface area (Å²) in [4.78, 5) is 2.39. The van der Waals surface area contributed by atoms with Gasteiger partial charge in [-0.3, -0.25) is 0 Å². The van der Waals surface area contributed by atoms with Crippen LogP contribution >= 0.6 is 0 Å². The van der Waals surface area contributed by atoms with E-state index in [0.29, 0.717) is 6.04 Å². The molecule has 0 amide bonds. The normalized spacial score (nSPS) is 25.0. The smallest absolute Gasteiger partial charge is 0.0723 e. The highest BCUT2D eigenvalue weighted by Gasteiger charge is 2.26. The van der Waals surface area contributed by atoms with Crippen molar-refractivity contribution in [1.82, 2.24) is 0 Å². The number of anilines is 2. The molecule has 3 nitrogen and oxygen atoms in total. The molecule has 0 saturated carbocycles. The molecule has 2 rings (SSSR count). The molecule has 94 valence electrons. The molecule has 1 saturated heterocycles. The Morgan fingerprint density at radius 3 is 2.88 bits per heavy atom. The third-order valence-corrected chi connectivity index (χ3v) is 3.43. The van der Waals surface area contributed by atoms with Crippen LogP contribution in [0, 0.1) is 6.92 Å². The van der Waals surface area contributed by atoms with E-state index < -0.39 is 0 Å². The molecule has 0 aliphatic carbocycles. The first-order valence-electron chi connectivity index (χ1n) is 6.36. The van der Waals surface area contributed by atoms with E-state index in [-0.39, 0.29) is 6.10 Å². The standard InChI is InChI=1S/C14H22N2O/c1-4-12-9-17-11(3)8-16(12)14-6-5-10(2)7-13(14)15/h5-7,11-12H,4,8-9,15H2,1-3H3. The molecule has 0 spiro atoms. The van der Waals surface area contributed by atoms with Crippen LogP contribution < -0.4 is 10.6 Å². The fourth-order valence-electron chi connectivity index (χ4n) is 2.41. The summed E-state index contributed by atoms with van der Waals surface area (Å²) in [6.07, 6.45) is 1.36. The Balaban J connectivity index is 2.28. The van der Waals surface area contributed by atoms with Crippen molar-refractivity contribution in [2.24, 2.45) is 0 Å². The van der Waals surface area contributed by atoms with Gasteiger partial charge in [0.2, 0.25) is 0 Å². The Labute approximate surface area is 104 Å². The van der Waals surface area contributed by atoms with Crippen molar-refractivity contribution in [3.63, 3.8) is 0 Å². The zero-order valence-corrected chi connectivity index (χ0v) is 10.9. The molecule has 0 aromatic heterocycles. The van der Waals surface area contributed by atoms with E-state index in [0.717, 1.165) is 30.9 Å². The number of nitrogens with zero attached hydrogens (tertiary/aromatic N) is 1. The molecule has 17 heavy (non-hydrogen) atoms. The van der Waals surface area contributed by atoms with E-state index in [1.54, 1.807) is 0 Å². The predicted molar refractivity (Wildman–Crippen MR) is 72.4 cm³/mol. The van der Waals surface area contributed by atoms with Crippen molar-refractivity contribution in [2.45, 2.75) is 39.3 Å². The first-order chi connectivity index (χ1) is 8.11. The molecule has 2 unspecified atom stereocenters. The average molecular weight is 234 g/mol. The molecule has 1 fully saturated rings. The molecular weight excluding hydrogens is 212 g/mol. The molecular formula is C14H22N2O. The Kier molecular flexibility index (Phi) is 3.57. The minimum Gasteiger partial charge on any atom is -0.397 e. The Hall–Kier alpha value is -1.22. The lowest BCUT2D eigenvalue weighted by molar-refractivity contribution is 0.0300. The van der Waals surface area contributed by atoms with Crippen molar-refractivity contribution in [2.75, 3.05) is 23.8 Å². The maximum absolute atomic E-state index is 6.13. The largest absolute Gasteiger partial charge is 0.397 e. The van der Waals surface area contributed by atoms with Crippen LogP contribution in [-0.2, 0) is 4.74 Å². The Morgan fingerprint density at radius 2 is 2.24 bits per heavy atom. The van der Waals surface area contributed by atoms with Crippen molar-refractivity contribution in [3.05, 3.63) is 23.8 Å². The van der Waals surface area contributed by atoms with Crippen LogP contribution in [-0.4, -0.2) is 25.3 Å². The van der Waals surface area contributed by atoms with Gasteiger partial charge in [0.05, 0.1) is 30.1 Å². The van der Waals surface area contributed by atoms with Crippen LogP contribution in [0.3, 0.4) is 0 Å². The van der Waals surface area contributed by atoms with Gasteiger partial charge in [0, 0.05) is 6.54 Å². The summed E-state index contributed by atoms with van der Waals surface area (Å²) in [7, 11) is 0. The van der Waals surface area contributed by atoms with Gasteiger partial charge in [-0.25, -0.2) is 0 Å². The monoisotopic (exact) mass is 234 g/mol. The van der Waals surface area contributed by atoms with Crippen molar-refractivity contribution >= 4 is 11.4 Å². The quantitative estimate of drug-likeness (QED) is 0.799. The van der Waals surface area contributed by atoms with Gasteiger partial charge in [0.25, 0.3) is 0 Å². The maximum atomic E-state index is 6.13. The van der Waals surface area contributed by atoms with Crippen LogP contribution in [0.1, 0.15) is 25.8 Å². The van der Waals surface area contributed by atoms with E-state index >= 15 is 0 Å². The van der Waals surface area contributed by atoms with E-state index in [1.165, 1.54) is 5.56 Å². The average Bonchev–Trinajstić information content (AvgIpc) is 2.29. The molecule has 0 bridgehead atoms. The summed E-state index contributed by atoms with van der Waals surface area (Å²) >= 11 is 0. The second-order valence-corrected chi connectivity index (χ2v) is 4.92. The number of ether oxygens (including phenoxy) is 1. The summed E-state index contributed by atoms with van der Waals surface area (Å²) < 4.78 is 5.71. The predicted octanol–water partition coefficient (Wildman–Crippen LogP) is 2.58. The molecule has 1 aromatic rings. The lowest BCUT2D eigenvalue weighted by Crippen LogP contribution is -2.48. The summed E-state index contributed by atoms with van der Waals surface area (Å²) in [5.41, 5.74) is 9.36. The van der Waals surface area contributed by atoms with Gasteiger partial charge in [-0.15, -0.1) is 0 Å². The number of aryl methyl sites for hydroxylation is 1. The third kappa shape index (κ3) is 2.55. The highest BCUT2D eigenvalue weighted by Crippen LogP contribution is 2.29. The number of hydrogen-bond donors (Lipinski definition) is 1. The van der Waals surface area contributed by atoms with Gasteiger partial charge >= 0.3 is 0 Å². The van der Waals surface area contributed by atoms with Gasteiger partial charge in [0.1, 0.15) is 0 Å². The van der Waals surface area contributed by atoms with Crippen LogP contribution in [0.2, 0.25) is 0 Å². The van der Waals surface area contributed by atoms with Crippen molar-refractivity contribution in [1.29, 1.82) is 0 Å². The minimum atomic E-state index is 0.276. The van der Waals surface area contributed by atoms with E-state index in [4.69, 9.17) is 10.5 Å². The van der Waals surface area contributed by atoms with Gasteiger partial charge in [-0.05, 0) is 38.0 Å². The fraction of sp³-hybridized carbons (Fsp3) is 0.571. The first-order valence-corrected chi connectivity index (χ1v) is 6.36. The SMILES string of the molecule is CCC1COC(C)CN1c1ccc(C)cc1N. The van der Waals surface area contributed by atoms with Crippen molar-refractivity contribution in [3.8, 4) is 0 Å². The number of benzene rings is 1. The molecule has 1 aliphatic heterocycles. The number of rotatable bonds is 2. The highest BCUT2D eigenvalue weighted by molar-refractivity contribution is 5.69. The summed E-state index contributed by atoms with van der Waals surface area (Å²) in [6.45, 7) is 8.10. The third-order valence-electron chi connectivity index (χ3n) is 3.43. The molecule has 0 radical (unpaired) electrons. The molecule has 1 aromatic carbocycles. The van der Waals surface area contributed by atoms with Crippen LogP contribution in [0.4, 0.5) is 11.4 Å². The maximum Gasteiger partial charge on any atom is 0.0723 e. The Bertz CT molecular complexity index is 392. The van der Waals surface area contributed by atoms with E-state index in [2.05, 4.69) is 37.8 Å². The molecule has 3 heteroatoms. The van der Waals surface area contributed by atoms with E-state index in [1.807, 2.05) is 6.07 Å². The highest BCUT2D eigenvalue weighted by atomic mass is 16.5. The summed E-state index contributed by atoms with van der Waals surface area (Å²) in [5, 5.41) is 0. The summed E-state index contributed by atoms with van der Waals surface area (Å²) in [5.74, 6) is 0. The van der Waals surface area contributed by atoms with Gasteiger partial charge < -0.3 is 15.4 Å². The lowest BCUT2D eigenvalue weighted by atomic mass is 10.1. The lowest BCUT2D eigenvalue weighted by Gasteiger charge is -2.40. The number of hydrogen-bond acceptors (Lipinski definition) is 3. The zero-order valence-electron chi connectivity index (χ0n) is 10.9. The summed E-state index contributed by atoms with van der Waals surface area (Å²) in [6, 6.07) is 6.74. The number of nitrogens with two attached hydrogens (primary N) is 1. The van der Waals surface area contributed by atoms with Crippen molar-refractivity contribution < 1.29 is 4.74 Å². The second-order valence-electron chi connectivity index (χ2n) is 4.92. The second kappa shape index (κ2) is 4.96. The molecule has 1 aliphatic rings. The molecule has 2 atom stereocenters. The molecule has 1 heterocycles. The molecule has 2 N–H and O–H groups in total. The van der Waals surface area contributed by atoms with Gasteiger partial charge in [0.15, 0.2) is 0 Å². The minimum absolute atomic E-state index is 0.276. The Morgan fingerprint density at radius 1 is 1.47 bits per heavy atom.